The summed E-state index contributed by atoms with van der Waals surface area (Å²) >= 11 is 5.26. The maximum absolute atomic E-state index is 5.37. The number of hydrazone groups is 1. The van der Waals surface area contributed by atoms with Gasteiger partial charge in [0.05, 0.1) is 26.0 Å². The minimum absolute atomic E-state index is 0.568. The van der Waals surface area contributed by atoms with E-state index in [1.165, 1.54) is 5.69 Å². The maximum Gasteiger partial charge on any atom is 0.186 e. The Labute approximate surface area is 162 Å². The number of benzene rings is 1. The zero-order valence-electron chi connectivity index (χ0n) is 16.0. The van der Waals surface area contributed by atoms with Crippen molar-refractivity contribution < 1.29 is 9.64 Å². The van der Waals surface area contributed by atoms with Gasteiger partial charge < -0.3 is 19.9 Å². The van der Waals surface area contributed by atoms with E-state index < -0.39 is 0 Å². The summed E-state index contributed by atoms with van der Waals surface area (Å²) in [5.41, 5.74) is 5.17. The molecule has 1 fully saturated rings. The average Bonchev–Trinajstić information content (AvgIpc) is 2.68. The average molecular weight is 379 g/mol. The van der Waals surface area contributed by atoms with Crippen molar-refractivity contribution in [3.05, 3.63) is 29.8 Å². The van der Waals surface area contributed by atoms with Crippen molar-refractivity contribution in [1.29, 1.82) is 0 Å². The predicted molar refractivity (Wildman–Crippen MR) is 112 cm³/mol. The van der Waals surface area contributed by atoms with Gasteiger partial charge in [-0.1, -0.05) is 12.1 Å². The molecule has 0 amide bonds. The zero-order valence-corrected chi connectivity index (χ0v) is 16.8. The minimum atomic E-state index is 0.568. The van der Waals surface area contributed by atoms with Crippen LogP contribution in [0.25, 0.3) is 0 Å². The second kappa shape index (κ2) is 11.8. The van der Waals surface area contributed by atoms with Crippen LogP contribution in [-0.2, 0) is 4.74 Å². The summed E-state index contributed by atoms with van der Waals surface area (Å²) in [5, 5.41) is 7.98. The lowest BCUT2D eigenvalue weighted by molar-refractivity contribution is -0.908. The summed E-state index contributed by atoms with van der Waals surface area (Å²) < 4.78 is 5.37. The highest BCUT2D eigenvalue weighted by Crippen LogP contribution is 2.13. The molecule has 0 atom stereocenters. The van der Waals surface area contributed by atoms with E-state index in [1.54, 1.807) is 11.1 Å². The Hall–Kier alpha value is -1.70. The van der Waals surface area contributed by atoms with Gasteiger partial charge in [-0.25, -0.2) is 0 Å². The van der Waals surface area contributed by atoms with Gasteiger partial charge in [0.2, 0.25) is 0 Å². The second-order valence-corrected chi connectivity index (χ2v) is 6.76. The van der Waals surface area contributed by atoms with Crippen molar-refractivity contribution in [3.8, 4) is 0 Å². The largest absolute Gasteiger partial charge is 0.372 e. The fraction of sp³-hybridized carbons (Fsp3) is 0.579. The Morgan fingerprint density at radius 2 is 1.92 bits per heavy atom. The first-order valence-electron chi connectivity index (χ1n) is 9.56. The number of nitrogens with zero attached hydrogens (tertiary/aromatic N) is 2. The lowest BCUT2D eigenvalue weighted by Gasteiger charge is -2.23. The monoisotopic (exact) mass is 378 g/mol. The summed E-state index contributed by atoms with van der Waals surface area (Å²) in [6.07, 6.45) is 2.88. The van der Waals surface area contributed by atoms with Crippen LogP contribution in [0.4, 0.5) is 5.69 Å². The molecule has 0 unspecified atom stereocenters. The molecule has 0 radical (unpaired) electrons. The highest BCUT2D eigenvalue weighted by Gasteiger charge is 2.12. The molecule has 1 aromatic rings. The van der Waals surface area contributed by atoms with Crippen LogP contribution < -0.4 is 20.5 Å². The molecular weight excluding hydrogens is 346 g/mol. The lowest BCUT2D eigenvalue weighted by atomic mass is 10.2. The Morgan fingerprint density at radius 1 is 1.23 bits per heavy atom. The normalized spacial score (nSPS) is 15.2. The molecule has 2 rings (SSSR count). The van der Waals surface area contributed by atoms with Gasteiger partial charge in [0.25, 0.3) is 0 Å². The third-order valence-corrected chi connectivity index (χ3v) is 4.83. The Bertz CT molecular complexity index is 554. The van der Waals surface area contributed by atoms with E-state index >= 15 is 0 Å². The number of quaternary nitrogens is 1. The van der Waals surface area contributed by atoms with E-state index in [9.17, 15) is 0 Å². The third kappa shape index (κ3) is 7.27. The molecule has 3 N–H and O–H groups in total. The molecule has 1 aliphatic rings. The highest BCUT2D eigenvalue weighted by atomic mass is 32.1. The van der Waals surface area contributed by atoms with Crippen LogP contribution in [0, 0.1) is 0 Å². The SMILES string of the molecule is CCN(CC)c1ccc(/C=N\NC(=S)NCCC[NH+]2CCOCC2)cc1. The van der Waals surface area contributed by atoms with Gasteiger partial charge in [-0.2, -0.15) is 5.10 Å². The van der Waals surface area contributed by atoms with Gasteiger partial charge in [-0.15, -0.1) is 0 Å². The Kier molecular flexibility index (Phi) is 9.38. The molecule has 1 aromatic carbocycles. The number of hydrogen-bond donors (Lipinski definition) is 3. The van der Waals surface area contributed by atoms with Crippen LogP contribution in [0.1, 0.15) is 25.8 Å². The molecule has 0 aromatic heterocycles. The number of anilines is 1. The van der Waals surface area contributed by atoms with E-state index in [-0.39, 0.29) is 0 Å². The molecule has 1 aliphatic heterocycles. The summed E-state index contributed by atoms with van der Waals surface area (Å²) in [5.74, 6) is 0. The number of ether oxygens (including phenoxy) is 1. The Balaban J connectivity index is 1.63. The number of nitrogens with one attached hydrogen (secondary N) is 3. The van der Waals surface area contributed by atoms with Crippen LogP contribution in [0.2, 0.25) is 0 Å². The van der Waals surface area contributed by atoms with Crippen molar-refractivity contribution in [3.63, 3.8) is 0 Å². The number of hydrogen-bond acceptors (Lipinski definition) is 4. The second-order valence-electron chi connectivity index (χ2n) is 6.36. The standard InChI is InChI=1S/C19H31N5OS/c1-3-24(4-2)18-8-6-17(7-9-18)16-21-22-19(26)20-10-5-11-23-12-14-25-15-13-23/h6-9,16H,3-5,10-15H2,1-2H3,(H2,20,22,26)/p+1/b21-16-. The van der Waals surface area contributed by atoms with Crippen LogP contribution in [0.15, 0.2) is 29.4 Å². The molecule has 1 heterocycles. The summed E-state index contributed by atoms with van der Waals surface area (Å²) in [6.45, 7) is 12.4. The zero-order chi connectivity index (χ0) is 18.6. The van der Waals surface area contributed by atoms with E-state index in [0.717, 1.165) is 64.5 Å². The fourth-order valence-corrected chi connectivity index (χ4v) is 3.17. The molecule has 0 spiro atoms. The third-order valence-electron chi connectivity index (χ3n) is 4.59. The molecule has 26 heavy (non-hydrogen) atoms. The first kappa shape index (κ1) is 20.6. The van der Waals surface area contributed by atoms with Gasteiger partial charge in [0.1, 0.15) is 13.1 Å². The smallest absolute Gasteiger partial charge is 0.186 e. The quantitative estimate of drug-likeness (QED) is 0.255. The molecule has 1 saturated heterocycles. The van der Waals surface area contributed by atoms with Crippen molar-refractivity contribution >= 4 is 29.2 Å². The van der Waals surface area contributed by atoms with Crippen LogP contribution in [0.5, 0.6) is 0 Å². The van der Waals surface area contributed by atoms with E-state index in [4.69, 9.17) is 17.0 Å². The van der Waals surface area contributed by atoms with Gasteiger partial charge in [0, 0.05) is 31.7 Å². The molecule has 0 bridgehead atoms. The predicted octanol–water partition coefficient (Wildman–Crippen LogP) is 0.636. The fourth-order valence-electron chi connectivity index (χ4n) is 3.02. The maximum atomic E-state index is 5.37. The molecule has 7 heteroatoms. The van der Waals surface area contributed by atoms with Crippen molar-refractivity contribution in [2.45, 2.75) is 20.3 Å². The van der Waals surface area contributed by atoms with E-state index in [1.807, 2.05) is 0 Å². The molecular formula is C19H32N5OS+. The van der Waals surface area contributed by atoms with Crippen molar-refractivity contribution in [2.24, 2.45) is 5.10 Å². The molecule has 6 nitrogen and oxygen atoms in total. The van der Waals surface area contributed by atoms with Crippen LogP contribution in [0.3, 0.4) is 0 Å². The van der Waals surface area contributed by atoms with Gasteiger partial charge >= 0.3 is 0 Å². The number of morpholine rings is 1. The molecule has 0 aliphatic carbocycles. The van der Waals surface area contributed by atoms with E-state index in [0.29, 0.717) is 5.11 Å². The summed E-state index contributed by atoms with van der Waals surface area (Å²) in [6, 6.07) is 8.39. The summed E-state index contributed by atoms with van der Waals surface area (Å²) in [4.78, 5) is 3.93. The van der Waals surface area contributed by atoms with Crippen LogP contribution in [-0.4, -0.2) is 63.8 Å². The van der Waals surface area contributed by atoms with Crippen LogP contribution >= 0.6 is 12.2 Å². The number of thiocarbonyl (C=S) groups is 1. The minimum Gasteiger partial charge on any atom is -0.372 e. The summed E-state index contributed by atoms with van der Waals surface area (Å²) in [7, 11) is 0. The first-order valence-corrected chi connectivity index (χ1v) is 9.97. The Morgan fingerprint density at radius 3 is 2.58 bits per heavy atom. The van der Waals surface area contributed by atoms with Crippen molar-refractivity contribution in [1.82, 2.24) is 10.7 Å². The highest BCUT2D eigenvalue weighted by molar-refractivity contribution is 7.80. The van der Waals surface area contributed by atoms with Gasteiger partial charge in [-0.05, 0) is 43.8 Å². The van der Waals surface area contributed by atoms with Gasteiger partial charge in [0.15, 0.2) is 5.11 Å². The van der Waals surface area contributed by atoms with Crippen molar-refractivity contribution in [2.75, 3.05) is 57.4 Å². The first-order chi connectivity index (χ1) is 12.7. The van der Waals surface area contributed by atoms with Gasteiger partial charge in [-0.3, -0.25) is 5.43 Å². The van der Waals surface area contributed by atoms with E-state index in [2.05, 4.69) is 58.9 Å². The lowest BCUT2D eigenvalue weighted by Crippen LogP contribution is -3.14. The molecule has 144 valence electrons. The number of rotatable bonds is 9. The molecule has 0 saturated carbocycles. The topological polar surface area (TPSA) is 53.3 Å².